The van der Waals surface area contributed by atoms with E-state index >= 15 is 0 Å². The van der Waals surface area contributed by atoms with E-state index in [1.54, 1.807) is 0 Å². The summed E-state index contributed by atoms with van der Waals surface area (Å²) in [6.45, 7) is 6.47. The standard InChI is InChI=1S/C13H21NO2/c1-12(2)7-6-10-9(8-14(4)5)11(15)16-13(10,12)3/h8,10H,6-7H2,1-5H3/b9-8-/t10-,13+/m1/s1. The molecule has 1 aliphatic carbocycles. The van der Waals surface area contributed by atoms with Gasteiger partial charge in [-0.3, -0.25) is 0 Å². The molecule has 16 heavy (non-hydrogen) atoms. The van der Waals surface area contributed by atoms with Crippen molar-refractivity contribution in [2.75, 3.05) is 14.1 Å². The van der Waals surface area contributed by atoms with Gasteiger partial charge in [-0.2, -0.15) is 0 Å². The number of hydrogen-bond donors (Lipinski definition) is 0. The molecule has 1 heterocycles. The van der Waals surface area contributed by atoms with Gasteiger partial charge in [0.1, 0.15) is 5.60 Å². The lowest BCUT2D eigenvalue weighted by Gasteiger charge is -2.36. The Kier molecular flexibility index (Phi) is 2.34. The Morgan fingerprint density at radius 2 is 2.00 bits per heavy atom. The Labute approximate surface area is 97.5 Å². The zero-order valence-electron chi connectivity index (χ0n) is 10.8. The van der Waals surface area contributed by atoms with Crippen LogP contribution in [0.3, 0.4) is 0 Å². The Morgan fingerprint density at radius 3 is 2.56 bits per heavy atom. The molecule has 0 radical (unpaired) electrons. The summed E-state index contributed by atoms with van der Waals surface area (Å²) in [6.07, 6.45) is 4.08. The molecule has 0 unspecified atom stereocenters. The summed E-state index contributed by atoms with van der Waals surface area (Å²) < 4.78 is 5.67. The minimum absolute atomic E-state index is 0.0786. The number of fused-ring (bicyclic) bond motifs is 1. The van der Waals surface area contributed by atoms with Gasteiger partial charge in [0.25, 0.3) is 0 Å². The molecule has 0 aromatic rings. The third-order valence-electron chi connectivity index (χ3n) is 4.38. The van der Waals surface area contributed by atoms with Gasteiger partial charge in [0.2, 0.25) is 0 Å². The van der Waals surface area contributed by atoms with E-state index in [-0.39, 0.29) is 22.9 Å². The first-order chi connectivity index (χ1) is 7.28. The number of nitrogens with zero attached hydrogens (tertiary/aromatic N) is 1. The summed E-state index contributed by atoms with van der Waals surface area (Å²) in [5, 5.41) is 0. The largest absolute Gasteiger partial charge is 0.455 e. The molecule has 0 N–H and O–H groups in total. The minimum Gasteiger partial charge on any atom is -0.455 e. The van der Waals surface area contributed by atoms with Crippen molar-refractivity contribution in [2.45, 2.75) is 39.2 Å². The molecule has 1 saturated carbocycles. The van der Waals surface area contributed by atoms with Gasteiger partial charge in [0, 0.05) is 31.6 Å². The molecular formula is C13H21NO2. The molecule has 2 atom stereocenters. The molecule has 1 aliphatic heterocycles. The van der Waals surface area contributed by atoms with Crippen molar-refractivity contribution in [3.63, 3.8) is 0 Å². The van der Waals surface area contributed by atoms with Crippen LogP contribution < -0.4 is 0 Å². The van der Waals surface area contributed by atoms with Gasteiger partial charge in [-0.25, -0.2) is 4.79 Å². The van der Waals surface area contributed by atoms with Gasteiger partial charge >= 0.3 is 5.97 Å². The van der Waals surface area contributed by atoms with Crippen LogP contribution in [0, 0.1) is 11.3 Å². The van der Waals surface area contributed by atoms with Crippen LogP contribution in [0.4, 0.5) is 0 Å². The van der Waals surface area contributed by atoms with Crippen LogP contribution in [-0.4, -0.2) is 30.6 Å². The normalized spacial score (nSPS) is 38.7. The van der Waals surface area contributed by atoms with Crippen molar-refractivity contribution in [3.05, 3.63) is 11.8 Å². The molecule has 0 amide bonds. The van der Waals surface area contributed by atoms with Crippen LogP contribution in [0.1, 0.15) is 33.6 Å². The van der Waals surface area contributed by atoms with E-state index in [2.05, 4.69) is 20.8 Å². The number of esters is 1. The van der Waals surface area contributed by atoms with Crippen LogP contribution in [-0.2, 0) is 9.53 Å². The van der Waals surface area contributed by atoms with E-state index in [1.165, 1.54) is 0 Å². The van der Waals surface area contributed by atoms with Gasteiger partial charge in [0.15, 0.2) is 0 Å². The SMILES string of the molecule is CN(C)/C=C1\C(=O)O[C@@]2(C)[C@@H]1CCC2(C)C. The van der Waals surface area contributed by atoms with Crippen LogP contribution in [0.5, 0.6) is 0 Å². The molecule has 0 spiro atoms. The number of hydrogen-bond acceptors (Lipinski definition) is 3. The first-order valence-electron chi connectivity index (χ1n) is 5.89. The average Bonchev–Trinajstić information content (AvgIpc) is 2.48. The summed E-state index contributed by atoms with van der Waals surface area (Å²) >= 11 is 0. The maximum atomic E-state index is 11.9. The highest BCUT2D eigenvalue weighted by Gasteiger charge is 2.61. The molecule has 2 fully saturated rings. The highest BCUT2D eigenvalue weighted by molar-refractivity contribution is 5.92. The van der Waals surface area contributed by atoms with E-state index in [9.17, 15) is 4.79 Å². The van der Waals surface area contributed by atoms with E-state index in [4.69, 9.17) is 4.74 Å². The monoisotopic (exact) mass is 223 g/mol. The number of carbonyl (C=O) groups is 1. The molecule has 1 saturated heterocycles. The second-order valence-corrected chi connectivity index (χ2v) is 6.02. The zero-order chi connectivity index (χ0) is 12.1. The molecule has 0 aromatic heterocycles. The van der Waals surface area contributed by atoms with Gasteiger partial charge < -0.3 is 9.64 Å². The molecule has 2 rings (SSSR count). The Bertz CT molecular complexity index is 357. The van der Waals surface area contributed by atoms with E-state index in [0.717, 1.165) is 18.4 Å². The second kappa shape index (κ2) is 3.25. The van der Waals surface area contributed by atoms with Crippen molar-refractivity contribution in [3.8, 4) is 0 Å². The summed E-state index contributed by atoms with van der Waals surface area (Å²) in [6, 6.07) is 0. The predicted octanol–water partition coefficient (Wildman–Crippen LogP) is 2.18. The van der Waals surface area contributed by atoms with Crippen molar-refractivity contribution in [2.24, 2.45) is 11.3 Å². The first kappa shape index (κ1) is 11.5. The number of rotatable bonds is 1. The summed E-state index contributed by atoms with van der Waals surface area (Å²) in [5.41, 5.74) is 0.610. The molecule has 0 bridgehead atoms. The van der Waals surface area contributed by atoms with E-state index < -0.39 is 0 Å². The van der Waals surface area contributed by atoms with Crippen LogP contribution >= 0.6 is 0 Å². The fourth-order valence-electron chi connectivity index (χ4n) is 2.98. The lowest BCUT2D eigenvalue weighted by atomic mass is 9.75. The smallest absolute Gasteiger partial charge is 0.336 e. The lowest BCUT2D eigenvalue weighted by Crippen LogP contribution is -2.40. The van der Waals surface area contributed by atoms with Gasteiger partial charge in [0.05, 0.1) is 5.57 Å². The molecule has 3 nitrogen and oxygen atoms in total. The van der Waals surface area contributed by atoms with Crippen LogP contribution in [0.25, 0.3) is 0 Å². The molecule has 2 aliphatic rings. The summed E-state index contributed by atoms with van der Waals surface area (Å²) in [4.78, 5) is 13.8. The first-order valence-corrected chi connectivity index (χ1v) is 5.89. The summed E-state index contributed by atoms with van der Waals surface area (Å²) in [7, 11) is 3.88. The Morgan fingerprint density at radius 1 is 1.38 bits per heavy atom. The lowest BCUT2D eigenvalue weighted by molar-refractivity contribution is -0.154. The minimum atomic E-state index is -0.314. The third kappa shape index (κ3) is 1.37. The second-order valence-electron chi connectivity index (χ2n) is 6.02. The molecule has 90 valence electrons. The number of carbonyl (C=O) groups excluding carboxylic acids is 1. The third-order valence-corrected chi connectivity index (χ3v) is 4.38. The van der Waals surface area contributed by atoms with Crippen molar-refractivity contribution in [1.82, 2.24) is 4.90 Å². The quantitative estimate of drug-likeness (QED) is 0.504. The predicted molar refractivity (Wildman–Crippen MR) is 62.8 cm³/mol. The fraction of sp³-hybridized carbons (Fsp3) is 0.769. The van der Waals surface area contributed by atoms with Crippen LogP contribution in [0.2, 0.25) is 0 Å². The van der Waals surface area contributed by atoms with E-state index in [1.807, 2.05) is 25.2 Å². The summed E-state index contributed by atoms with van der Waals surface area (Å²) in [5.74, 6) is 0.131. The van der Waals surface area contributed by atoms with Crippen molar-refractivity contribution >= 4 is 5.97 Å². The van der Waals surface area contributed by atoms with Gasteiger partial charge in [-0.1, -0.05) is 13.8 Å². The Balaban J connectivity index is 2.40. The highest BCUT2D eigenvalue weighted by atomic mass is 16.6. The van der Waals surface area contributed by atoms with Gasteiger partial charge in [-0.05, 0) is 19.8 Å². The maximum Gasteiger partial charge on any atom is 0.336 e. The topological polar surface area (TPSA) is 29.5 Å². The molecular weight excluding hydrogens is 202 g/mol. The fourth-order valence-corrected chi connectivity index (χ4v) is 2.98. The van der Waals surface area contributed by atoms with Gasteiger partial charge in [-0.15, -0.1) is 0 Å². The Hall–Kier alpha value is -0.990. The highest BCUT2D eigenvalue weighted by Crippen LogP contribution is 2.57. The number of ether oxygens (including phenoxy) is 1. The maximum absolute atomic E-state index is 11.9. The molecule has 0 aromatic carbocycles. The average molecular weight is 223 g/mol. The van der Waals surface area contributed by atoms with Crippen molar-refractivity contribution in [1.29, 1.82) is 0 Å². The van der Waals surface area contributed by atoms with Crippen molar-refractivity contribution < 1.29 is 9.53 Å². The molecule has 3 heteroatoms. The zero-order valence-corrected chi connectivity index (χ0v) is 10.8. The van der Waals surface area contributed by atoms with E-state index in [0.29, 0.717) is 0 Å². The van der Waals surface area contributed by atoms with Crippen LogP contribution in [0.15, 0.2) is 11.8 Å².